The standard InChI is InChI=1S/C14H11F6NO2S/c1-23-12(22)10-2-3-21(10)11(24)7-4-8(13(15,16)17)6-9(5-7)14(18,19)20/h4-6,10H,2-3H2,1H3/t10-/m1/s1. The molecule has 1 aromatic carbocycles. The van der Waals surface area contributed by atoms with Gasteiger partial charge in [0, 0.05) is 12.1 Å². The van der Waals surface area contributed by atoms with Crippen molar-refractivity contribution in [3.8, 4) is 0 Å². The lowest BCUT2D eigenvalue weighted by Crippen LogP contribution is -2.55. The Morgan fingerprint density at radius 1 is 1.12 bits per heavy atom. The summed E-state index contributed by atoms with van der Waals surface area (Å²) >= 11 is 4.99. The summed E-state index contributed by atoms with van der Waals surface area (Å²) in [4.78, 5) is 12.5. The van der Waals surface area contributed by atoms with Crippen LogP contribution in [0.1, 0.15) is 23.1 Å². The maximum atomic E-state index is 12.9. The van der Waals surface area contributed by atoms with E-state index in [1.165, 1.54) is 4.90 Å². The molecular formula is C14H11F6NO2S. The van der Waals surface area contributed by atoms with Crippen LogP contribution in [0.15, 0.2) is 18.2 Å². The lowest BCUT2D eigenvalue weighted by Gasteiger charge is -2.40. The zero-order valence-electron chi connectivity index (χ0n) is 12.2. The van der Waals surface area contributed by atoms with E-state index in [0.29, 0.717) is 18.6 Å². The van der Waals surface area contributed by atoms with Crippen LogP contribution in [-0.4, -0.2) is 35.6 Å². The monoisotopic (exact) mass is 371 g/mol. The van der Waals surface area contributed by atoms with Gasteiger partial charge in [0.05, 0.1) is 18.2 Å². The number of nitrogens with zero attached hydrogens (tertiary/aromatic N) is 1. The first-order valence-corrected chi connectivity index (χ1v) is 7.04. The van der Waals surface area contributed by atoms with Crippen molar-refractivity contribution >= 4 is 23.2 Å². The molecule has 132 valence electrons. The molecule has 0 saturated carbocycles. The molecule has 0 bridgehead atoms. The molecule has 3 nitrogen and oxygen atoms in total. The van der Waals surface area contributed by atoms with Crippen molar-refractivity contribution in [3.63, 3.8) is 0 Å². The van der Waals surface area contributed by atoms with Crippen LogP contribution in [0.5, 0.6) is 0 Å². The van der Waals surface area contributed by atoms with Gasteiger partial charge in [-0.05, 0) is 24.6 Å². The highest BCUT2D eigenvalue weighted by atomic mass is 32.1. The molecule has 0 N–H and O–H groups in total. The zero-order valence-corrected chi connectivity index (χ0v) is 13.0. The molecule has 2 rings (SSSR count). The van der Waals surface area contributed by atoms with E-state index in [9.17, 15) is 31.1 Å². The van der Waals surface area contributed by atoms with Gasteiger partial charge >= 0.3 is 18.3 Å². The van der Waals surface area contributed by atoms with E-state index in [2.05, 4.69) is 4.74 Å². The summed E-state index contributed by atoms with van der Waals surface area (Å²) in [5, 5.41) is 0. The normalized spacial score (nSPS) is 18.1. The number of ether oxygens (including phenoxy) is 1. The van der Waals surface area contributed by atoms with E-state index in [4.69, 9.17) is 12.2 Å². The summed E-state index contributed by atoms with van der Waals surface area (Å²) in [6.45, 7) is 0.246. The predicted octanol–water partition coefficient (Wildman–Crippen LogP) is 3.65. The summed E-state index contributed by atoms with van der Waals surface area (Å²) in [7, 11) is 1.13. The first kappa shape index (κ1) is 18.5. The molecule has 0 aliphatic carbocycles. The molecule has 0 amide bonds. The Morgan fingerprint density at radius 2 is 1.62 bits per heavy atom. The van der Waals surface area contributed by atoms with Crippen molar-refractivity contribution < 1.29 is 35.9 Å². The molecule has 1 atom stereocenters. The minimum Gasteiger partial charge on any atom is -0.467 e. The number of benzene rings is 1. The fraction of sp³-hybridized carbons (Fsp3) is 0.429. The maximum absolute atomic E-state index is 12.9. The second kappa shape index (κ2) is 6.23. The smallest absolute Gasteiger partial charge is 0.416 e. The van der Waals surface area contributed by atoms with Crippen LogP contribution in [0.25, 0.3) is 0 Å². The van der Waals surface area contributed by atoms with Crippen molar-refractivity contribution in [3.05, 3.63) is 34.9 Å². The number of likely N-dealkylation sites (tertiary alicyclic amines) is 1. The van der Waals surface area contributed by atoms with Crippen molar-refractivity contribution in [2.24, 2.45) is 0 Å². The van der Waals surface area contributed by atoms with Crippen LogP contribution in [-0.2, 0) is 21.9 Å². The Kier molecular flexibility index (Phi) is 4.80. The molecule has 1 fully saturated rings. The van der Waals surface area contributed by atoms with E-state index in [0.717, 1.165) is 7.11 Å². The fourth-order valence-corrected chi connectivity index (χ4v) is 2.59. The van der Waals surface area contributed by atoms with E-state index in [-0.39, 0.29) is 17.6 Å². The number of thiocarbonyl (C=S) groups is 1. The van der Waals surface area contributed by atoms with Gasteiger partial charge in [-0.15, -0.1) is 0 Å². The molecule has 24 heavy (non-hydrogen) atoms. The third kappa shape index (κ3) is 3.63. The highest BCUT2D eigenvalue weighted by molar-refractivity contribution is 7.80. The summed E-state index contributed by atoms with van der Waals surface area (Å²) in [5.74, 6) is -0.647. The van der Waals surface area contributed by atoms with Crippen LogP contribution < -0.4 is 0 Å². The molecule has 0 radical (unpaired) electrons. The number of hydrogen-bond acceptors (Lipinski definition) is 3. The second-order valence-electron chi connectivity index (χ2n) is 5.12. The number of halogens is 6. The van der Waals surface area contributed by atoms with Crippen molar-refractivity contribution in [2.75, 3.05) is 13.7 Å². The molecule has 0 spiro atoms. The van der Waals surface area contributed by atoms with Crippen molar-refractivity contribution in [1.29, 1.82) is 0 Å². The molecular weight excluding hydrogens is 360 g/mol. The number of methoxy groups -OCH3 is 1. The molecule has 1 aliphatic rings. The third-order valence-electron chi connectivity index (χ3n) is 3.59. The molecule has 1 aromatic rings. The Labute approximate surface area is 138 Å². The van der Waals surface area contributed by atoms with Gasteiger partial charge in [-0.25, -0.2) is 4.79 Å². The van der Waals surface area contributed by atoms with Gasteiger partial charge in [-0.1, -0.05) is 12.2 Å². The van der Waals surface area contributed by atoms with Gasteiger partial charge in [0.25, 0.3) is 0 Å². The van der Waals surface area contributed by atoms with Gasteiger partial charge in [0.1, 0.15) is 11.0 Å². The predicted molar refractivity (Wildman–Crippen MR) is 75.3 cm³/mol. The topological polar surface area (TPSA) is 29.5 Å². The van der Waals surface area contributed by atoms with Gasteiger partial charge in [0.2, 0.25) is 0 Å². The van der Waals surface area contributed by atoms with Crippen LogP contribution in [0.3, 0.4) is 0 Å². The molecule has 1 heterocycles. The first-order valence-electron chi connectivity index (χ1n) is 6.63. The quantitative estimate of drug-likeness (QED) is 0.451. The molecule has 0 unspecified atom stereocenters. The van der Waals surface area contributed by atoms with E-state index in [1.54, 1.807) is 0 Å². The fourth-order valence-electron chi connectivity index (χ4n) is 2.26. The van der Waals surface area contributed by atoms with Crippen LogP contribution >= 0.6 is 12.2 Å². The number of carbonyl (C=O) groups excluding carboxylic acids is 1. The highest BCUT2D eigenvalue weighted by Gasteiger charge is 2.40. The Balaban J connectivity index is 2.42. The number of esters is 1. The zero-order chi connectivity index (χ0) is 18.3. The summed E-state index contributed by atoms with van der Waals surface area (Å²) < 4.78 is 81.7. The summed E-state index contributed by atoms with van der Waals surface area (Å²) in [6.07, 6.45) is -9.55. The third-order valence-corrected chi connectivity index (χ3v) is 4.06. The Morgan fingerprint density at radius 3 is 1.96 bits per heavy atom. The Bertz CT molecular complexity index is 638. The van der Waals surface area contributed by atoms with E-state index >= 15 is 0 Å². The van der Waals surface area contributed by atoms with Crippen LogP contribution in [0.2, 0.25) is 0 Å². The van der Waals surface area contributed by atoms with E-state index in [1.807, 2.05) is 0 Å². The lowest BCUT2D eigenvalue weighted by molar-refractivity contribution is -0.149. The molecule has 10 heteroatoms. The maximum Gasteiger partial charge on any atom is 0.416 e. The SMILES string of the molecule is COC(=O)[C@H]1CCN1C(=S)c1cc(C(F)(F)F)cc(C(F)(F)F)c1. The minimum atomic E-state index is -4.96. The summed E-state index contributed by atoms with van der Waals surface area (Å²) in [5.41, 5.74) is -3.32. The van der Waals surface area contributed by atoms with Crippen LogP contribution in [0, 0.1) is 0 Å². The minimum absolute atomic E-state index is 0.0278. The number of alkyl halides is 6. The molecule has 1 aliphatic heterocycles. The number of rotatable bonds is 2. The van der Waals surface area contributed by atoms with Gasteiger partial charge in [-0.2, -0.15) is 26.3 Å². The number of carbonyl (C=O) groups is 1. The van der Waals surface area contributed by atoms with Gasteiger partial charge in [0.15, 0.2) is 0 Å². The van der Waals surface area contributed by atoms with Crippen molar-refractivity contribution in [1.82, 2.24) is 4.90 Å². The average molecular weight is 371 g/mol. The van der Waals surface area contributed by atoms with Gasteiger partial charge < -0.3 is 9.64 Å². The van der Waals surface area contributed by atoms with Gasteiger partial charge in [-0.3, -0.25) is 0 Å². The average Bonchev–Trinajstić information content (AvgIpc) is 2.43. The summed E-state index contributed by atoms with van der Waals surface area (Å²) in [6, 6.07) is 0.320. The molecule has 1 saturated heterocycles. The van der Waals surface area contributed by atoms with Crippen LogP contribution in [0.4, 0.5) is 26.3 Å². The number of hydrogen-bond donors (Lipinski definition) is 0. The second-order valence-corrected chi connectivity index (χ2v) is 5.51. The van der Waals surface area contributed by atoms with E-state index < -0.39 is 41.1 Å². The lowest BCUT2D eigenvalue weighted by atomic mass is 9.99. The largest absolute Gasteiger partial charge is 0.467 e. The Hall–Kier alpha value is -1.84. The molecule has 0 aromatic heterocycles. The van der Waals surface area contributed by atoms with Crippen molar-refractivity contribution in [2.45, 2.75) is 24.8 Å². The first-order chi connectivity index (χ1) is 10.9. The highest BCUT2D eigenvalue weighted by Crippen LogP contribution is 2.37.